The summed E-state index contributed by atoms with van der Waals surface area (Å²) >= 11 is 0. The first-order valence-corrected chi connectivity index (χ1v) is 12.3. The molecule has 0 aliphatic carbocycles. The Hall–Kier alpha value is -4.02. The van der Waals surface area contributed by atoms with E-state index in [1.54, 1.807) is 30.2 Å². The molecule has 0 spiro atoms. The largest absolute Gasteiger partial charge is 0.419 e. The Balaban J connectivity index is 1.49. The van der Waals surface area contributed by atoms with Crippen LogP contribution in [0.2, 0.25) is 0 Å². The molecule has 1 saturated heterocycles. The Morgan fingerprint density at radius 2 is 1.63 bits per heavy atom. The Kier molecular flexibility index (Phi) is 6.77. The number of pyridine rings is 1. The highest BCUT2D eigenvalue weighted by Crippen LogP contribution is 2.36. The minimum Gasteiger partial charge on any atom is -0.353 e. The zero-order valence-electron chi connectivity index (χ0n) is 21.2. The van der Waals surface area contributed by atoms with E-state index in [-0.39, 0.29) is 17.7 Å². The van der Waals surface area contributed by atoms with Crippen molar-refractivity contribution in [3.05, 3.63) is 71.9 Å². The zero-order chi connectivity index (χ0) is 27.0. The highest BCUT2D eigenvalue weighted by Gasteiger charge is 2.36. The summed E-state index contributed by atoms with van der Waals surface area (Å²) in [5, 5.41) is 0. The van der Waals surface area contributed by atoms with Crippen LogP contribution in [0.1, 0.15) is 31.0 Å². The fourth-order valence-corrected chi connectivity index (χ4v) is 4.57. The van der Waals surface area contributed by atoms with E-state index in [9.17, 15) is 17.6 Å². The van der Waals surface area contributed by atoms with Crippen LogP contribution in [-0.4, -0.2) is 50.7 Å². The number of rotatable bonds is 5. The fourth-order valence-electron chi connectivity index (χ4n) is 4.57. The summed E-state index contributed by atoms with van der Waals surface area (Å²) in [6.45, 7) is 7.31. The van der Waals surface area contributed by atoms with Crippen LogP contribution < -0.4 is 9.80 Å². The molecule has 11 heteroatoms. The van der Waals surface area contributed by atoms with Gasteiger partial charge in [0.15, 0.2) is 11.6 Å². The summed E-state index contributed by atoms with van der Waals surface area (Å²) in [6.07, 6.45) is 0.447. The van der Waals surface area contributed by atoms with Crippen molar-refractivity contribution in [2.45, 2.75) is 33.0 Å². The molecule has 0 N–H and O–H groups in total. The van der Waals surface area contributed by atoms with Crippen molar-refractivity contribution < 1.29 is 17.6 Å². The lowest BCUT2D eigenvalue weighted by molar-refractivity contribution is -0.137. The first-order valence-electron chi connectivity index (χ1n) is 12.3. The molecule has 0 bridgehead atoms. The molecule has 0 radical (unpaired) electrons. The molecule has 198 valence electrons. The predicted molar refractivity (Wildman–Crippen MR) is 137 cm³/mol. The zero-order valence-corrected chi connectivity index (χ0v) is 21.2. The maximum Gasteiger partial charge on any atom is 0.419 e. The number of aryl methyl sites for hydroxylation is 1. The lowest BCUT2D eigenvalue weighted by atomic mass is 10.1. The van der Waals surface area contributed by atoms with E-state index in [0.29, 0.717) is 54.9 Å². The summed E-state index contributed by atoms with van der Waals surface area (Å²) in [6, 6.07) is 9.12. The number of halogens is 4. The van der Waals surface area contributed by atoms with Crippen molar-refractivity contribution >= 4 is 11.6 Å². The van der Waals surface area contributed by atoms with E-state index < -0.39 is 11.7 Å². The molecule has 1 aromatic carbocycles. The Morgan fingerprint density at radius 3 is 2.32 bits per heavy atom. The highest BCUT2D eigenvalue weighted by atomic mass is 19.4. The predicted octanol–water partition coefficient (Wildman–Crippen LogP) is 5.78. The average Bonchev–Trinajstić information content (AvgIpc) is 3.40. The smallest absolute Gasteiger partial charge is 0.353 e. The molecule has 4 heterocycles. The van der Waals surface area contributed by atoms with E-state index in [1.165, 1.54) is 18.3 Å². The van der Waals surface area contributed by atoms with Gasteiger partial charge in [-0.3, -0.25) is 0 Å². The molecule has 4 aromatic rings. The van der Waals surface area contributed by atoms with Crippen molar-refractivity contribution in [1.82, 2.24) is 24.5 Å². The number of hydrogen-bond acceptors (Lipinski definition) is 6. The summed E-state index contributed by atoms with van der Waals surface area (Å²) in [7, 11) is 0. The number of hydrogen-bond donors (Lipinski definition) is 0. The van der Waals surface area contributed by atoms with E-state index in [1.807, 2.05) is 35.6 Å². The average molecular weight is 526 g/mol. The van der Waals surface area contributed by atoms with Crippen LogP contribution in [0, 0.1) is 12.7 Å². The molecule has 1 fully saturated rings. The second kappa shape index (κ2) is 10.0. The molecular weight excluding hydrogens is 498 g/mol. The van der Waals surface area contributed by atoms with E-state index in [4.69, 9.17) is 9.97 Å². The molecular formula is C27H27F4N7. The molecule has 38 heavy (non-hydrogen) atoms. The number of benzene rings is 1. The summed E-state index contributed by atoms with van der Waals surface area (Å²) in [4.78, 5) is 21.7. The minimum absolute atomic E-state index is 0.0653. The molecule has 0 amide bonds. The first-order chi connectivity index (χ1) is 18.1. The number of nitrogens with zero attached hydrogens (tertiary/aromatic N) is 7. The van der Waals surface area contributed by atoms with Crippen LogP contribution in [0.4, 0.5) is 29.2 Å². The maximum absolute atomic E-state index is 14.0. The van der Waals surface area contributed by atoms with Gasteiger partial charge in [-0.2, -0.15) is 13.2 Å². The number of piperazine rings is 1. The van der Waals surface area contributed by atoms with E-state index in [0.717, 1.165) is 11.6 Å². The van der Waals surface area contributed by atoms with Crippen LogP contribution in [0.25, 0.3) is 22.9 Å². The van der Waals surface area contributed by atoms with Gasteiger partial charge in [-0.1, -0.05) is 0 Å². The van der Waals surface area contributed by atoms with Gasteiger partial charge in [0.25, 0.3) is 0 Å². The number of anilines is 2. The lowest BCUT2D eigenvalue weighted by Crippen LogP contribution is -2.47. The molecule has 7 nitrogen and oxygen atoms in total. The molecule has 3 aromatic heterocycles. The van der Waals surface area contributed by atoms with Gasteiger partial charge in [0, 0.05) is 62.4 Å². The van der Waals surface area contributed by atoms with Gasteiger partial charge in [-0.25, -0.2) is 24.3 Å². The standard InChI is InChI=1S/C27H27F4N7/c1-17(2)38-10-9-33-26(38)24-34-22(19-6-7-21(28)18(3)15-19)16-23(35-24)36-11-13-37(14-12-36)25-20(27(29,30)31)5-4-8-32-25/h4-10,15-17H,11-14H2,1-3H3. The minimum atomic E-state index is -4.48. The number of aromatic nitrogens is 5. The topological polar surface area (TPSA) is 63.0 Å². The third-order valence-corrected chi connectivity index (χ3v) is 6.59. The van der Waals surface area contributed by atoms with Gasteiger partial charge in [0.1, 0.15) is 17.5 Å². The van der Waals surface area contributed by atoms with Gasteiger partial charge in [0.05, 0.1) is 11.3 Å². The number of alkyl halides is 3. The van der Waals surface area contributed by atoms with E-state index in [2.05, 4.69) is 9.97 Å². The third-order valence-electron chi connectivity index (χ3n) is 6.59. The van der Waals surface area contributed by atoms with Crippen LogP contribution in [0.5, 0.6) is 0 Å². The lowest BCUT2D eigenvalue weighted by Gasteiger charge is -2.37. The van der Waals surface area contributed by atoms with Crippen molar-refractivity contribution in [1.29, 1.82) is 0 Å². The Labute approximate surface area is 217 Å². The monoisotopic (exact) mass is 525 g/mol. The van der Waals surface area contributed by atoms with Gasteiger partial charge >= 0.3 is 6.18 Å². The Bertz CT molecular complexity index is 1440. The van der Waals surface area contributed by atoms with Crippen molar-refractivity contribution in [3.63, 3.8) is 0 Å². The highest BCUT2D eigenvalue weighted by molar-refractivity contribution is 5.67. The second-order valence-corrected chi connectivity index (χ2v) is 9.50. The quantitative estimate of drug-likeness (QED) is 0.308. The summed E-state index contributed by atoms with van der Waals surface area (Å²) in [5.74, 6) is 1.28. The first kappa shape index (κ1) is 25.6. The van der Waals surface area contributed by atoms with Crippen molar-refractivity contribution in [3.8, 4) is 22.9 Å². The molecule has 0 saturated carbocycles. The maximum atomic E-state index is 14.0. The van der Waals surface area contributed by atoms with Gasteiger partial charge in [-0.05, 0) is 56.7 Å². The van der Waals surface area contributed by atoms with Crippen molar-refractivity contribution in [2.24, 2.45) is 0 Å². The molecule has 0 unspecified atom stereocenters. The third kappa shape index (κ3) is 5.05. The fraction of sp³-hybridized carbons (Fsp3) is 0.333. The molecule has 1 aliphatic heterocycles. The van der Waals surface area contributed by atoms with Crippen LogP contribution in [0.3, 0.4) is 0 Å². The van der Waals surface area contributed by atoms with Gasteiger partial charge in [-0.15, -0.1) is 0 Å². The summed E-state index contributed by atoms with van der Waals surface area (Å²) < 4.78 is 56.6. The van der Waals surface area contributed by atoms with Crippen LogP contribution in [0.15, 0.2) is 55.0 Å². The molecule has 1 aliphatic rings. The SMILES string of the molecule is Cc1cc(-c2cc(N3CCN(c4ncccc4C(F)(F)F)CC3)nc(-c3nccn3C(C)C)n2)ccc1F. The molecule has 5 rings (SSSR count). The van der Waals surface area contributed by atoms with Crippen LogP contribution >= 0.6 is 0 Å². The summed E-state index contributed by atoms with van der Waals surface area (Å²) in [5.41, 5.74) is 1.10. The molecule has 0 atom stereocenters. The normalized spacial score (nSPS) is 14.4. The second-order valence-electron chi connectivity index (χ2n) is 9.50. The van der Waals surface area contributed by atoms with E-state index >= 15 is 0 Å². The number of imidazole rings is 1. The van der Waals surface area contributed by atoms with Crippen LogP contribution in [-0.2, 0) is 6.18 Å². The van der Waals surface area contributed by atoms with Gasteiger partial charge < -0.3 is 14.4 Å². The van der Waals surface area contributed by atoms with Gasteiger partial charge in [0.2, 0.25) is 0 Å². The van der Waals surface area contributed by atoms with Crippen molar-refractivity contribution in [2.75, 3.05) is 36.0 Å². The Morgan fingerprint density at radius 1 is 0.895 bits per heavy atom.